The van der Waals surface area contributed by atoms with Gasteiger partial charge in [0.25, 0.3) is 0 Å². The third-order valence-corrected chi connectivity index (χ3v) is 4.62. The van der Waals surface area contributed by atoms with Crippen molar-refractivity contribution < 1.29 is 4.39 Å². The molecule has 3 rings (SSSR count). The normalized spacial score (nSPS) is 22.6. The maximum Gasteiger partial charge on any atom is 0.123 e. The number of nitrogens with one attached hydrogen (secondary N) is 1. The lowest BCUT2D eigenvalue weighted by atomic mass is 9.75. The first-order chi connectivity index (χ1) is 10.1. The smallest absolute Gasteiger partial charge is 0.123 e. The van der Waals surface area contributed by atoms with Gasteiger partial charge in [0.1, 0.15) is 5.82 Å². The SMILES string of the molecule is Cc1ccccc1[C@H](C)NC1CC(c2ccc(F)cc2)C1. The van der Waals surface area contributed by atoms with Crippen LogP contribution in [0.1, 0.15) is 48.4 Å². The summed E-state index contributed by atoms with van der Waals surface area (Å²) >= 11 is 0. The van der Waals surface area contributed by atoms with Crippen LogP contribution in [0.3, 0.4) is 0 Å². The van der Waals surface area contributed by atoms with E-state index in [-0.39, 0.29) is 5.82 Å². The minimum absolute atomic E-state index is 0.152. The summed E-state index contributed by atoms with van der Waals surface area (Å²) < 4.78 is 12.9. The Morgan fingerprint density at radius 1 is 1.05 bits per heavy atom. The van der Waals surface area contributed by atoms with Crippen molar-refractivity contribution in [3.63, 3.8) is 0 Å². The number of hydrogen-bond acceptors (Lipinski definition) is 1. The van der Waals surface area contributed by atoms with Crippen molar-refractivity contribution >= 4 is 0 Å². The summed E-state index contributed by atoms with van der Waals surface area (Å²) in [6.45, 7) is 4.39. The van der Waals surface area contributed by atoms with E-state index in [9.17, 15) is 4.39 Å². The molecule has 1 nitrogen and oxygen atoms in total. The Labute approximate surface area is 126 Å². The summed E-state index contributed by atoms with van der Waals surface area (Å²) in [5.74, 6) is 0.424. The Hall–Kier alpha value is -1.67. The van der Waals surface area contributed by atoms with Gasteiger partial charge in [-0.25, -0.2) is 4.39 Å². The number of benzene rings is 2. The van der Waals surface area contributed by atoms with Crippen molar-refractivity contribution in [2.24, 2.45) is 0 Å². The van der Waals surface area contributed by atoms with Crippen LogP contribution in [0.4, 0.5) is 4.39 Å². The molecule has 1 fully saturated rings. The first kappa shape index (κ1) is 14.3. The average Bonchev–Trinajstić information content (AvgIpc) is 2.44. The Morgan fingerprint density at radius 3 is 2.38 bits per heavy atom. The molecule has 0 radical (unpaired) electrons. The van der Waals surface area contributed by atoms with E-state index in [2.05, 4.69) is 43.4 Å². The van der Waals surface area contributed by atoms with Crippen LogP contribution >= 0.6 is 0 Å². The van der Waals surface area contributed by atoms with E-state index in [1.807, 2.05) is 12.1 Å². The lowest BCUT2D eigenvalue weighted by Gasteiger charge is -2.38. The van der Waals surface area contributed by atoms with E-state index >= 15 is 0 Å². The summed E-state index contributed by atoms with van der Waals surface area (Å²) in [7, 11) is 0. The Kier molecular flexibility index (Phi) is 4.07. The van der Waals surface area contributed by atoms with Crippen molar-refractivity contribution in [1.82, 2.24) is 5.32 Å². The highest BCUT2D eigenvalue weighted by molar-refractivity contribution is 5.29. The zero-order valence-electron chi connectivity index (χ0n) is 12.6. The summed E-state index contributed by atoms with van der Waals surface area (Å²) in [6.07, 6.45) is 2.28. The molecule has 0 aromatic heterocycles. The Bertz CT molecular complexity index is 599. The third kappa shape index (κ3) is 3.16. The molecular weight excluding hydrogens is 261 g/mol. The van der Waals surface area contributed by atoms with Crippen molar-refractivity contribution in [1.29, 1.82) is 0 Å². The second-order valence-electron chi connectivity index (χ2n) is 6.16. The second-order valence-corrected chi connectivity index (χ2v) is 6.16. The van der Waals surface area contributed by atoms with Gasteiger partial charge in [-0.15, -0.1) is 0 Å². The van der Waals surface area contributed by atoms with Gasteiger partial charge in [-0.3, -0.25) is 0 Å². The lowest BCUT2D eigenvalue weighted by Crippen LogP contribution is -2.41. The average molecular weight is 283 g/mol. The maximum atomic E-state index is 12.9. The lowest BCUT2D eigenvalue weighted by molar-refractivity contribution is 0.270. The molecule has 2 aromatic rings. The summed E-state index contributed by atoms with van der Waals surface area (Å²) in [5, 5.41) is 3.71. The van der Waals surface area contributed by atoms with Gasteiger partial charge in [0, 0.05) is 12.1 Å². The molecule has 0 unspecified atom stereocenters. The highest BCUT2D eigenvalue weighted by atomic mass is 19.1. The van der Waals surface area contributed by atoms with Crippen LogP contribution in [0, 0.1) is 12.7 Å². The highest BCUT2D eigenvalue weighted by Crippen LogP contribution is 2.38. The molecule has 0 saturated heterocycles. The van der Waals surface area contributed by atoms with E-state index in [1.54, 1.807) is 12.1 Å². The molecule has 0 heterocycles. The zero-order valence-corrected chi connectivity index (χ0v) is 12.6. The van der Waals surface area contributed by atoms with Crippen molar-refractivity contribution in [2.45, 2.75) is 44.7 Å². The van der Waals surface area contributed by atoms with Gasteiger partial charge in [0.05, 0.1) is 0 Å². The molecule has 2 aromatic carbocycles. The second kappa shape index (κ2) is 5.98. The molecule has 21 heavy (non-hydrogen) atoms. The first-order valence-corrected chi connectivity index (χ1v) is 7.70. The van der Waals surface area contributed by atoms with Crippen LogP contribution in [0.25, 0.3) is 0 Å². The van der Waals surface area contributed by atoms with Gasteiger partial charge in [-0.1, -0.05) is 36.4 Å². The largest absolute Gasteiger partial charge is 0.307 e. The standard InChI is InChI=1S/C19H22FN/c1-13-5-3-4-6-19(13)14(2)21-18-11-16(12-18)15-7-9-17(20)10-8-15/h3-10,14,16,18,21H,11-12H2,1-2H3/t14-,16?,18?/m0/s1. The van der Waals surface area contributed by atoms with Crippen LogP contribution in [0.15, 0.2) is 48.5 Å². The predicted molar refractivity (Wildman–Crippen MR) is 84.9 cm³/mol. The molecule has 0 bridgehead atoms. The monoisotopic (exact) mass is 283 g/mol. The summed E-state index contributed by atoms with van der Waals surface area (Å²) in [5.41, 5.74) is 3.98. The molecule has 1 saturated carbocycles. The molecule has 1 aliphatic rings. The molecular formula is C19H22FN. The molecule has 0 spiro atoms. The number of rotatable bonds is 4. The van der Waals surface area contributed by atoms with Gasteiger partial charge in [0.15, 0.2) is 0 Å². The molecule has 1 atom stereocenters. The summed E-state index contributed by atoms with van der Waals surface area (Å²) in [4.78, 5) is 0. The summed E-state index contributed by atoms with van der Waals surface area (Å²) in [6, 6.07) is 16.4. The molecule has 1 aliphatic carbocycles. The molecule has 1 N–H and O–H groups in total. The van der Waals surface area contributed by atoms with Gasteiger partial charge in [0.2, 0.25) is 0 Å². The number of aryl methyl sites for hydroxylation is 1. The van der Waals surface area contributed by atoms with Crippen molar-refractivity contribution in [3.05, 3.63) is 71.0 Å². The fourth-order valence-corrected chi connectivity index (χ4v) is 3.28. The maximum absolute atomic E-state index is 12.9. The number of halogens is 1. The van der Waals surface area contributed by atoms with Crippen molar-refractivity contribution in [3.8, 4) is 0 Å². The quantitative estimate of drug-likeness (QED) is 0.855. The minimum atomic E-state index is -0.152. The number of hydrogen-bond donors (Lipinski definition) is 1. The van der Waals surface area contributed by atoms with E-state index in [1.165, 1.54) is 16.7 Å². The van der Waals surface area contributed by atoms with Crippen LogP contribution in [-0.2, 0) is 0 Å². The predicted octanol–water partition coefficient (Wildman–Crippen LogP) is 4.73. The van der Waals surface area contributed by atoms with Crippen LogP contribution < -0.4 is 5.32 Å². The van der Waals surface area contributed by atoms with Gasteiger partial charge < -0.3 is 5.32 Å². The highest BCUT2D eigenvalue weighted by Gasteiger charge is 2.31. The van der Waals surface area contributed by atoms with E-state index in [0.717, 1.165) is 12.8 Å². The van der Waals surface area contributed by atoms with E-state index < -0.39 is 0 Å². The van der Waals surface area contributed by atoms with E-state index in [4.69, 9.17) is 0 Å². The van der Waals surface area contributed by atoms with E-state index in [0.29, 0.717) is 18.0 Å². The van der Waals surface area contributed by atoms with Crippen LogP contribution in [0.5, 0.6) is 0 Å². The molecule has 110 valence electrons. The first-order valence-electron chi connectivity index (χ1n) is 7.70. The Balaban J connectivity index is 1.55. The zero-order chi connectivity index (χ0) is 14.8. The van der Waals surface area contributed by atoms with Crippen molar-refractivity contribution in [2.75, 3.05) is 0 Å². The van der Waals surface area contributed by atoms with Crippen LogP contribution in [-0.4, -0.2) is 6.04 Å². The fourth-order valence-electron chi connectivity index (χ4n) is 3.28. The Morgan fingerprint density at radius 2 is 1.71 bits per heavy atom. The molecule has 0 amide bonds. The topological polar surface area (TPSA) is 12.0 Å². The fraction of sp³-hybridized carbons (Fsp3) is 0.368. The van der Waals surface area contributed by atoms with Gasteiger partial charge >= 0.3 is 0 Å². The molecule has 0 aliphatic heterocycles. The van der Waals surface area contributed by atoms with Crippen LogP contribution in [0.2, 0.25) is 0 Å². The molecule has 2 heteroatoms. The third-order valence-electron chi connectivity index (χ3n) is 4.62. The minimum Gasteiger partial charge on any atom is -0.307 e. The van der Waals surface area contributed by atoms with Gasteiger partial charge in [-0.2, -0.15) is 0 Å². The van der Waals surface area contributed by atoms with Gasteiger partial charge in [-0.05, 0) is 61.4 Å².